The minimum absolute atomic E-state index is 0.0752. The van der Waals surface area contributed by atoms with Crippen molar-refractivity contribution in [1.29, 1.82) is 0 Å². The maximum atomic E-state index is 12.5. The smallest absolute Gasteiger partial charge is 0.351 e. The van der Waals surface area contributed by atoms with E-state index in [1.807, 2.05) is 24.3 Å². The minimum atomic E-state index is -0.292. The Morgan fingerprint density at radius 2 is 2.21 bits per heavy atom. The summed E-state index contributed by atoms with van der Waals surface area (Å²) >= 11 is 0. The van der Waals surface area contributed by atoms with Gasteiger partial charge in [0.05, 0.1) is 18.0 Å². The van der Waals surface area contributed by atoms with Crippen LogP contribution in [0.1, 0.15) is 24.3 Å². The van der Waals surface area contributed by atoms with Gasteiger partial charge in [0, 0.05) is 24.8 Å². The molecule has 1 aromatic carbocycles. The molecule has 0 spiro atoms. The molecule has 2 aliphatic heterocycles. The van der Waals surface area contributed by atoms with Gasteiger partial charge in [-0.3, -0.25) is 4.57 Å². The van der Waals surface area contributed by atoms with Crippen molar-refractivity contribution >= 4 is 0 Å². The third kappa shape index (κ3) is 3.75. The number of ether oxygens (including phenoxy) is 3. The van der Waals surface area contributed by atoms with Crippen LogP contribution >= 0.6 is 0 Å². The molecule has 2 aliphatic rings. The van der Waals surface area contributed by atoms with Crippen LogP contribution in [0.5, 0.6) is 11.6 Å². The maximum Gasteiger partial charge on any atom is 0.351 e. The number of hydrogen-bond acceptors (Lipinski definition) is 7. The summed E-state index contributed by atoms with van der Waals surface area (Å²) in [6.45, 7) is 2.02. The zero-order valence-corrected chi connectivity index (χ0v) is 15.9. The summed E-state index contributed by atoms with van der Waals surface area (Å²) in [4.78, 5) is 20.6. The highest BCUT2D eigenvalue weighted by Gasteiger charge is 2.21. The average molecular weight is 395 g/mol. The topological polar surface area (TPSA) is 88.6 Å². The second kappa shape index (κ2) is 7.71. The van der Waals surface area contributed by atoms with Gasteiger partial charge in [0.1, 0.15) is 18.6 Å². The van der Waals surface area contributed by atoms with Gasteiger partial charge in [0.25, 0.3) is 0 Å². The highest BCUT2D eigenvalue weighted by Crippen LogP contribution is 2.32. The molecule has 8 heteroatoms. The fourth-order valence-electron chi connectivity index (χ4n) is 3.77. The van der Waals surface area contributed by atoms with Gasteiger partial charge in [0.15, 0.2) is 6.61 Å². The van der Waals surface area contributed by atoms with Gasteiger partial charge in [-0.2, -0.15) is 4.98 Å². The monoisotopic (exact) mass is 395 g/mol. The SMILES string of the molecule is O=c1nc(OCC2CCCO2)cc2n1CCc1cc(OCc3ncco3)ccc1-2. The molecular weight excluding hydrogens is 374 g/mol. The highest BCUT2D eigenvalue weighted by molar-refractivity contribution is 5.67. The van der Waals surface area contributed by atoms with E-state index in [1.54, 1.807) is 10.8 Å². The van der Waals surface area contributed by atoms with Crippen molar-refractivity contribution in [3.63, 3.8) is 0 Å². The van der Waals surface area contributed by atoms with Crippen LogP contribution in [0, 0.1) is 0 Å². The first-order valence-corrected chi connectivity index (χ1v) is 9.77. The fourth-order valence-corrected chi connectivity index (χ4v) is 3.77. The number of oxazole rings is 1. The predicted octanol–water partition coefficient (Wildman–Crippen LogP) is 2.59. The highest BCUT2D eigenvalue weighted by atomic mass is 16.5. The van der Waals surface area contributed by atoms with Crippen LogP contribution in [-0.4, -0.2) is 33.9 Å². The Hall–Kier alpha value is -3.13. The lowest BCUT2D eigenvalue weighted by Gasteiger charge is -2.22. The Balaban J connectivity index is 1.37. The molecule has 0 amide bonds. The van der Waals surface area contributed by atoms with Gasteiger partial charge in [-0.25, -0.2) is 9.78 Å². The lowest BCUT2D eigenvalue weighted by Crippen LogP contribution is -2.29. The lowest BCUT2D eigenvalue weighted by atomic mass is 9.97. The molecule has 0 bridgehead atoms. The summed E-state index contributed by atoms with van der Waals surface area (Å²) < 4.78 is 24.0. The van der Waals surface area contributed by atoms with Crippen LogP contribution in [0.3, 0.4) is 0 Å². The molecule has 0 aliphatic carbocycles. The van der Waals surface area contributed by atoms with Gasteiger partial charge in [-0.1, -0.05) is 0 Å². The van der Waals surface area contributed by atoms with Crippen molar-refractivity contribution in [3.05, 3.63) is 58.7 Å². The number of benzene rings is 1. The molecule has 150 valence electrons. The lowest BCUT2D eigenvalue weighted by molar-refractivity contribution is 0.0661. The first-order chi connectivity index (χ1) is 14.3. The molecule has 1 atom stereocenters. The predicted molar refractivity (Wildman–Crippen MR) is 103 cm³/mol. The fraction of sp³-hybridized carbons (Fsp3) is 0.381. The second-order valence-electron chi connectivity index (χ2n) is 7.14. The number of nitrogens with zero attached hydrogens (tertiary/aromatic N) is 3. The Kier molecular flexibility index (Phi) is 4.77. The molecule has 1 unspecified atom stereocenters. The van der Waals surface area contributed by atoms with E-state index >= 15 is 0 Å². The molecule has 1 saturated heterocycles. The number of rotatable bonds is 6. The van der Waals surface area contributed by atoms with Crippen molar-refractivity contribution in [3.8, 4) is 22.9 Å². The third-order valence-corrected chi connectivity index (χ3v) is 5.23. The molecule has 0 radical (unpaired) electrons. The minimum Gasteiger partial charge on any atom is -0.484 e. The van der Waals surface area contributed by atoms with E-state index in [0.29, 0.717) is 24.9 Å². The standard InChI is InChI=1S/C21H21N3O5/c25-21-23-19(29-12-16-2-1-8-26-16)11-18-17-4-3-15(10-14(17)5-7-24(18)21)28-13-20-22-6-9-27-20/h3-4,6,9-11,16H,1-2,5,7-8,12-13H2. The molecular formula is C21H21N3O5. The van der Waals surface area contributed by atoms with E-state index in [4.69, 9.17) is 18.6 Å². The van der Waals surface area contributed by atoms with Crippen molar-refractivity contribution < 1.29 is 18.6 Å². The van der Waals surface area contributed by atoms with Crippen molar-refractivity contribution in [2.24, 2.45) is 0 Å². The first kappa shape index (κ1) is 17.9. The first-order valence-electron chi connectivity index (χ1n) is 9.77. The van der Waals surface area contributed by atoms with Gasteiger partial charge in [0.2, 0.25) is 11.8 Å². The van der Waals surface area contributed by atoms with E-state index in [0.717, 1.165) is 48.4 Å². The molecule has 8 nitrogen and oxygen atoms in total. The largest absolute Gasteiger partial charge is 0.484 e. The van der Waals surface area contributed by atoms with Gasteiger partial charge in [-0.05, 0) is 43.0 Å². The summed E-state index contributed by atoms with van der Waals surface area (Å²) in [5.41, 5.74) is 2.62. The van der Waals surface area contributed by atoms with Crippen LogP contribution in [0.4, 0.5) is 0 Å². The molecule has 0 N–H and O–H groups in total. The van der Waals surface area contributed by atoms with Gasteiger partial charge < -0.3 is 18.6 Å². The maximum absolute atomic E-state index is 12.5. The number of aromatic nitrogens is 3. The molecule has 5 rings (SSSR count). The van der Waals surface area contributed by atoms with E-state index < -0.39 is 0 Å². The summed E-state index contributed by atoms with van der Waals surface area (Å²) in [5, 5.41) is 0. The van der Waals surface area contributed by atoms with Crippen molar-refractivity contribution in [2.75, 3.05) is 13.2 Å². The van der Waals surface area contributed by atoms with E-state index in [1.165, 1.54) is 6.26 Å². The molecule has 0 saturated carbocycles. The van der Waals surface area contributed by atoms with E-state index in [-0.39, 0.29) is 18.4 Å². The third-order valence-electron chi connectivity index (χ3n) is 5.23. The quantitative estimate of drug-likeness (QED) is 0.634. The van der Waals surface area contributed by atoms with Gasteiger partial charge >= 0.3 is 5.69 Å². The summed E-state index contributed by atoms with van der Waals surface area (Å²) in [6, 6.07) is 7.69. The summed E-state index contributed by atoms with van der Waals surface area (Å²) in [5.74, 6) is 1.61. The molecule has 4 heterocycles. The number of fused-ring (bicyclic) bond motifs is 3. The zero-order valence-electron chi connectivity index (χ0n) is 15.9. The van der Waals surface area contributed by atoms with Crippen LogP contribution in [0.25, 0.3) is 11.3 Å². The molecule has 29 heavy (non-hydrogen) atoms. The Morgan fingerprint density at radius 1 is 1.24 bits per heavy atom. The Bertz CT molecular complexity index is 1050. The van der Waals surface area contributed by atoms with Gasteiger partial charge in [-0.15, -0.1) is 0 Å². The summed E-state index contributed by atoms with van der Waals surface area (Å²) in [7, 11) is 0. The number of aryl methyl sites for hydroxylation is 1. The molecule has 1 fully saturated rings. The molecule has 2 aromatic heterocycles. The van der Waals surface area contributed by atoms with Crippen LogP contribution < -0.4 is 15.2 Å². The van der Waals surface area contributed by atoms with Crippen LogP contribution in [0.2, 0.25) is 0 Å². The van der Waals surface area contributed by atoms with Crippen LogP contribution in [-0.2, 0) is 24.3 Å². The Labute approximate surface area is 167 Å². The van der Waals surface area contributed by atoms with E-state index in [9.17, 15) is 4.79 Å². The number of hydrogen-bond donors (Lipinski definition) is 0. The Morgan fingerprint density at radius 3 is 3.03 bits per heavy atom. The summed E-state index contributed by atoms with van der Waals surface area (Å²) in [6.07, 6.45) is 5.94. The van der Waals surface area contributed by atoms with Crippen molar-refractivity contribution in [1.82, 2.24) is 14.5 Å². The normalized spacial score (nSPS) is 17.6. The van der Waals surface area contributed by atoms with Crippen molar-refractivity contribution in [2.45, 2.75) is 38.5 Å². The van der Waals surface area contributed by atoms with E-state index in [2.05, 4.69) is 9.97 Å². The zero-order chi connectivity index (χ0) is 19.6. The van der Waals surface area contributed by atoms with Crippen LogP contribution in [0.15, 0.2) is 45.9 Å². The second-order valence-corrected chi connectivity index (χ2v) is 7.14. The molecule has 3 aromatic rings. The average Bonchev–Trinajstić information content (AvgIpc) is 3.44.